The Morgan fingerprint density at radius 1 is 1.00 bits per heavy atom. The van der Waals surface area contributed by atoms with Crippen LogP contribution in [0.25, 0.3) is 0 Å². The zero-order valence-corrected chi connectivity index (χ0v) is 15.4. The van der Waals surface area contributed by atoms with Crippen molar-refractivity contribution in [2.45, 2.75) is 59.4 Å². The van der Waals surface area contributed by atoms with Crippen molar-refractivity contribution in [3.63, 3.8) is 0 Å². The SMILES string of the molecule is Cc1cc(C)c(Nc2cc(C(=O)NC3CCCC3)nc(C)n2)c(C)c1. The van der Waals surface area contributed by atoms with Crippen LogP contribution in [0.1, 0.15) is 58.7 Å². The van der Waals surface area contributed by atoms with Crippen LogP contribution in [0, 0.1) is 27.7 Å². The first kappa shape index (κ1) is 17.4. The molecule has 5 nitrogen and oxygen atoms in total. The summed E-state index contributed by atoms with van der Waals surface area (Å²) in [7, 11) is 0. The molecule has 0 unspecified atom stereocenters. The van der Waals surface area contributed by atoms with Crippen LogP contribution in [0.4, 0.5) is 11.5 Å². The highest BCUT2D eigenvalue weighted by molar-refractivity contribution is 5.93. The van der Waals surface area contributed by atoms with E-state index in [1.807, 2.05) is 6.92 Å². The van der Waals surface area contributed by atoms with Crippen molar-refractivity contribution >= 4 is 17.4 Å². The third-order valence-electron chi connectivity index (χ3n) is 4.69. The number of anilines is 2. The van der Waals surface area contributed by atoms with Gasteiger partial charge in [-0.2, -0.15) is 0 Å². The summed E-state index contributed by atoms with van der Waals surface area (Å²) in [6, 6.07) is 6.28. The van der Waals surface area contributed by atoms with Gasteiger partial charge in [0.05, 0.1) is 0 Å². The molecule has 1 aromatic heterocycles. The predicted octanol–water partition coefficient (Wildman–Crippen LogP) is 4.13. The molecule has 1 saturated carbocycles. The average Bonchev–Trinajstić information content (AvgIpc) is 3.03. The van der Waals surface area contributed by atoms with Crippen LogP contribution in [0.15, 0.2) is 18.2 Å². The number of nitrogens with zero attached hydrogens (tertiary/aromatic N) is 2. The van der Waals surface area contributed by atoms with Crippen LogP contribution in [-0.2, 0) is 0 Å². The molecule has 0 aliphatic heterocycles. The number of aryl methyl sites for hydroxylation is 4. The zero-order valence-electron chi connectivity index (χ0n) is 15.4. The Labute approximate surface area is 149 Å². The number of hydrogen-bond donors (Lipinski definition) is 2. The van der Waals surface area contributed by atoms with E-state index in [1.54, 1.807) is 6.07 Å². The maximum atomic E-state index is 12.5. The first-order valence-electron chi connectivity index (χ1n) is 8.94. The Morgan fingerprint density at radius 2 is 1.64 bits per heavy atom. The minimum absolute atomic E-state index is 0.113. The normalized spacial score (nSPS) is 14.6. The second-order valence-corrected chi connectivity index (χ2v) is 7.04. The maximum absolute atomic E-state index is 12.5. The van der Waals surface area contributed by atoms with E-state index in [9.17, 15) is 4.79 Å². The number of rotatable bonds is 4. The molecule has 2 N–H and O–H groups in total. The molecule has 3 rings (SSSR count). The van der Waals surface area contributed by atoms with Crippen LogP contribution in [0.3, 0.4) is 0 Å². The lowest BCUT2D eigenvalue weighted by Crippen LogP contribution is -2.33. The molecule has 25 heavy (non-hydrogen) atoms. The lowest BCUT2D eigenvalue weighted by molar-refractivity contribution is 0.0932. The average molecular weight is 338 g/mol. The second-order valence-electron chi connectivity index (χ2n) is 7.04. The van der Waals surface area contributed by atoms with E-state index >= 15 is 0 Å². The van der Waals surface area contributed by atoms with Gasteiger partial charge in [0.1, 0.15) is 17.3 Å². The first-order chi connectivity index (χ1) is 11.9. The van der Waals surface area contributed by atoms with Gasteiger partial charge in [0, 0.05) is 17.8 Å². The van der Waals surface area contributed by atoms with Gasteiger partial charge >= 0.3 is 0 Å². The molecule has 1 heterocycles. The molecule has 0 radical (unpaired) electrons. The summed E-state index contributed by atoms with van der Waals surface area (Å²) in [5.74, 6) is 1.13. The number of nitrogens with one attached hydrogen (secondary N) is 2. The Balaban J connectivity index is 1.83. The van der Waals surface area contributed by atoms with Crippen LogP contribution < -0.4 is 10.6 Å². The molecule has 132 valence electrons. The van der Waals surface area contributed by atoms with Crippen molar-refractivity contribution in [2.24, 2.45) is 0 Å². The molecule has 1 amide bonds. The third-order valence-corrected chi connectivity index (χ3v) is 4.69. The molecule has 1 aliphatic carbocycles. The van der Waals surface area contributed by atoms with Crippen LogP contribution >= 0.6 is 0 Å². The van der Waals surface area contributed by atoms with Gasteiger partial charge in [0.15, 0.2) is 0 Å². The van der Waals surface area contributed by atoms with E-state index in [0.29, 0.717) is 17.3 Å². The highest BCUT2D eigenvalue weighted by atomic mass is 16.1. The number of carbonyl (C=O) groups is 1. The van der Waals surface area contributed by atoms with E-state index in [4.69, 9.17) is 0 Å². The Kier molecular flexibility index (Phi) is 5.02. The van der Waals surface area contributed by atoms with Gasteiger partial charge in [-0.05, 0) is 51.7 Å². The number of amides is 1. The maximum Gasteiger partial charge on any atom is 0.270 e. The largest absolute Gasteiger partial charge is 0.348 e. The van der Waals surface area contributed by atoms with Crippen molar-refractivity contribution < 1.29 is 4.79 Å². The summed E-state index contributed by atoms with van der Waals surface area (Å²) in [6.45, 7) is 8.05. The summed E-state index contributed by atoms with van der Waals surface area (Å²) in [6.07, 6.45) is 4.49. The van der Waals surface area contributed by atoms with Gasteiger partial charge in [-0.3, -0.25) is 4.79 Å². The van der Waals surface area contributed by atoms with Crippen molar-refractivity contribution in [3.05, 3.63) is 46.4 Å². The molecule has 5 heteroatoms. The minimum atomic E-state index is -0.113. The van der Waals surface area contributed by atoms with E-state index in [-0.39, 0.29) is 11.9 Å². The molecule has 0 spiro atoms. The lowest BCUT2D eigenvalue weighted by atomic mass is 10.1. The quantitative estimate of drug-likeness (QED) is 0.880. The number of benzene rings is 1. The molecular formula is C20H26N4O. The van der Waals surface area contributed by atoms with Crippen molar-refractivity contribution in [3.8, 4) is 0 Å². The van der Waals surface area contributed by atoms with Crippen molar-refractivity contribution in [1.82, 2.24) is 15.3 Å². The summed E-state index contributed by atoms with van der Waals surface area (Å²) in [5.41, 5.74) is 5.00. The molecular weight excluding hydrogens is 312 g/mol. The molecule has 0 atom stereocenters. The molecule has 1 aromatic carbocycles. The minimum Gasteiger partial charge on any atom is -0.348 e. The van der Waals surface area contributed by atoms with Gasteiger partial charge in [-0.25, -0.2) is 9.97 Å². The number of aromatic nitrogens is 2. The summed E-state index contributed by atoms with van der Waals surface area (Å²) in [4.78, 5) is 21.3. The topological polar surface area (TPSA) is 66.9 Å². The smallest absolute Gasteiger partial charge is 0.270 e. The summed E-state index contributed by atoms with van der Waals surface area (Å²) in [5, 5.41) is 6.45. The molecule has 0 saturated heterocycles. The second kappa shape index (κ2) is 7.21. The van der Waals surface area contributed by atoms with E-state index in [1.165, 1.54) is 18.4 Å². The van der Waals surface area contributed by atoms with E-state index in [0.717, 1.165) is 29.7 Å². The van der Waals surface area contributed by atoms with Crippen molar-refractivity contribution in [1.29, 1.82) is 0 Å². The third kappa shape index (κ3) is 4.16. The zero-order chi connectivity index (χ0) is 18.0. The van der Waals surface area contributed by atoms with Gasteiger partial charge in [-0.15, -0.1) is 0 Å². The Hall–Kier alpha value is -2.43. The van der Waals surface area contributed by atoms with E-state index < -0.39 is 0 Å². The molecule has 1 fully saturated rings. The highest BCUT2D eigenvalue weighted by Crippen LogP contribution is 2.25. The van der Waals surface area contributed by atoms with Crippen LogP contribution in [0.2, 0.25) is 0 Å². The number of carbonyl (C=O) groups excluding carboxylic acids is 1. The fourth-order valence-electron chi connectivity index (χ4n) is 3.58. The van der Waals surface area contributed by atoms with Gasteiger partial charge < -0.3 is 10.6 Å². The standard InChI is InChI=1S/C20H26N4O/c1-12-9-13(2)19(14(3)10-12)24-18-11-17(21-15(4)22-18)20(25)23-16-7-5-6-8-16/h9-11,16H,5-8H2,1-4H3,(H,23,25)(H,21,22,24). The predicted molar refractivity (Wildman–Crippen MR) is 100 cm³/mol. The van der Waals surface area contributed by atoms with Gasteiger partial charge in [-0.1, -0.05) is 30.5 Å². The molecule has 2 aromatic rings. The molecule has 1 aliphatic rings. The lowest BCUT2D eigenvalue weighted by Gasteiger charge is -2.15. The highest BCUT2D eigenvalue weighted by Gasteiger charge is 2.19. The van der Waals surface area contributed by atoms with Gasteiger partial charge in [0.25, 0.3) is 5.91 Å². The van der Waals surface area contributed by atoms with Crippen LogP contribution in [0.5, 0.6) is 0 Å². The number of hydrogen-bond acceptors (Lipinski definition) is 4. The van der Waals surface area contributed by atoms with Crippen molar-refractivity contribution in [2.75, 3.05) is 5.32 Å². The summed E-state index contributed by atoms with van der Waals surface area (Å²) < 4.78 is 0. The Morgan fingerprint density at radius 3 is 2.28 bits per heavy atom. The fraction of sp³-hybridized carbons (Fsp3) is 0.450. The molecule has 0 bridgehead atoms. The van der Waals surface area contributed by atoms with E-state index in [2.05, 4.69) is 53.5 Å². The van der Waals surface area contributed by atoms with Crippen LogP contribution in [-0.4, -0.2) is 21.9 Å². The Bertz CT molecular complexity index is 771. The summed E-state index contributed by atoms with van der Waals surface area (Å²) >= 11 is 0. The fourth-order valence-corrected chi connectivity index (χ4v) is 3.58. The first-order valence-corrected chi connectivity index (χ1v) is 8.94. The monoisotopic (exact) mass is 338 g/mol. The van der Waals surface area contributed by atoms with Gasteiger partial charge in [0.2, 0.25) is 0 Å².